The lowest BCUT2D eigenvalue weighted by molar-refractivity contribution is 1.02. The maximum atomic E-state index is 5.76. The van der Waals surface area contributed by atoms with Gasteiger partial charge in [-0.05, 0) is 53.4 Å². The first-order valence-electron chi connectivity index (χ1n) is 9.49. The van der Waals surface area contributed by atoms with Crippen LogP contribution in [0.5, 0.6) is 0 Å². The Labute approximate surface area is 167 Å². The van der Waals surface area contributed by atoms with Crippen molar-refractivity contribution in [2.75, 3.05) is 10.6 Å². The minimum Gasteiger partial charge on any atom is -0.366 e. The summed E-state index contributed by atoms with van der Waals surface area (Å²) in [6.07, 6.45) is 3.70. The average molecular weight is 383 g/mol. The van der Waals surface area contributed by atoms with Gasteiger partial charge in [-0.25, -0.2) is 4.98 Å². The Morgan fingerprint density at radius 3 is 2.90 bits per heavy atom. The van der Waals surface area contributed by atoms with Crippen molar-refractivity contribution in [2.24, 2.45) is 5.73 Å². The van der Waals surface area contributed by atoms with Gasteiger partial charge >= 0.3 is 0 Å². The van der Waals surface area contributed by atoms with Crippen LogP contribution in [0.4, 0.5) is 17.5 Å². The van der Waals surface area contributed by atoms with Crippen molar-refractivity contribution >= 4 is 39.3 Å². The van der Waals surface area contributed by atoms with Crippen LogP contribution in [0.2, 0.25) is 0 Å². The van der Waals surface area contributed by atoms with Crippen molar-refractivity contribution < 1.29 is 0 Å². The van der Waals surface area contributed by atoms with Crippen molar-refractivity contribution in [2.45, 2.75) is 13.1 Å². The van der Waals surface area contributed by atoms with Gasteiger partial charge < -0.3 is 26.3 Å². The molecule has 7 nitrogen and oxygen atoms in total. The van der Waals surface area contributed by atoms with E-state index in [2.05, 4.69) is 60.9 Å². The minimum absolute atomic E-state index is 0.471. The summed E-state index contributed by atoms with van der Waals surface area (Å²) < 4.78 is 0. The molecule has 3 heterocycles. The number of nitrogens with two attached hydrogens (primary N) is 1. The number of hydrogen-bond donors (Lipinski definition) is 5. The first kappa shape index (κ1) is 17.3. The Hall–Kier alpha value is -3.84. The van der Waals surface area contributed by atoms with Gasteiger partial charge in [0, 0.05) is 47.6 Å². The van der Waals surface area contributed by atoms with Crippen molar-refractivity contribution in [1.29, 1.82) is 0 Å². The third-order valence-corrected chi connectivity index (χ3v) is 4.93. The Morgan fingerprint density at radius 2 is 1.97 bits per heavy atom. The molecule has 0 amide bonds. The van der Waals surface area contributed by atoms with E-state index in [-0.39, 0.29) is 0 Å². The van der Waals surface area contributed by atoms with E-state index in [1.54, 1.807) is 6.20 Å². The number of fused-ring (bicyclic) bond motifs is 2. The van der Waals surface area contributed by atoms with Crippen molar-refractivity contribution in [3.05, 3.63) is 78.2 Å². The molecule has 0 unspecified atom stereocenters. The van der Waals surface area contributed by atoms with Crippen molar-refractivity contribution in [3.8, 4) is 0 Å². The number of aromatic amines is 2. The topological polar surface area (TPSA) is 107 Å². The highest BCUT2D eigenvalue weighted by Gasteiger charge is 2.07. The molecule has 0 fully saturated rings. The van der Waals surface area contributed by atoms with E-state index in [1.165, 1.54) is 10.9 Å². The number of anilines is 3. The summed E-state index contributed by atoms with van der Waals surface area (Å²) in [5.74, 6) is 1.31. The van der Waals surface area contributed by atoms with Crippen LogP contribution >= 0.6 is 0 Å². The molecule has 5 rings (SSSR count). The van der Waals surface area contributed by atoms with Gasteiger partial charge in [0.15, 0.2) is 0 Å². The number of benzene rings is 2. The van der Waals surface area contributed by atoms with Crippen molar-refractivity contribution in [3.63, 3.8) is 0 Å². The first-order valence-corrected chi connectivity index (χ1v) is 9.49. The molecule has 144 valence electrons. The van der Waals surface area contributed by atoms with E-state index in [0.29, 0.717) is 19.0 Å². The summed E-state index contributed by atoms with van der Waals surface area (Å²) in [6, 6.07) is 18.4. The summed E-state index contributed by atoms with van der Waals surface area (Å²) in [5.41, 5.74) is 11.0. The van der Waals surface area contributed by atoms with Crippen LogP contribution < -0.4 is 16.4 Å². The Balaban J connectivity index is 1.34. The zero-order valence-corrected chi connectivity index (χ0v) is 15.7. The second kappa shape index (κ2) is 7.29. The quantitative estimate of drug-likeness (QED) is 0.301. The number of nitrogens with one attached hydrogen (secondary N) is 4. The highest BCUT2D eigenvalue weighted by atomic mass is 15.1. The van der Waals surface area contributed by atoms with E-state index in [0.717, 1.165) is 33.6 Å². The van der Waals surface area contributed by atoms with Gasteiger partial charge in [0.25, 0.3) is 0 Å². The molecule has 0 spiro atoms. The molecule has 0 aliphatic carbocycles. The van der Waals surface area contributed by atoms with Crippen LogP contribution in [0, 0.1) is 0 Å². The second-order valence-electron chi connectivity index (χ2n) is 6.91. The molecule has 0 atom stereocenters. The predicted octanol–water partition coefficient (Wildman–Crippen LogP) is 4.25. The largest absolute Gasteiger partial charge is 0.366 e. The third kappa shape index (κ3) is 3.51. The standard InChI is InChI=1S/C22H21N7/c23-12-16-11-17-19(27-16)2-1-3-20(17)28-22-25-9-7-21(29-22)26-13-14-4-5-18-15(10-14)6-8-24-18/h1-11,24,27H,12-13,23H2,(H2,25,26,28,29). The summed E-state index contributed by atoms with van der Waals surface area (Å²) >= 11 is 0. The molecule has 7 heteroatoms. The summed E-state index contributed by atoms with van der Waals surface area (Å²) in [5, 5.41) is 8.95. The van der Waals surface area contributed by atoms with E-state index < -0.39 is 0 Å². The van der Waals surface area contributed by atoms with E-state index in [1.807, 2.05) is 30.5 Å². The molecule has 3 aromatic heterocycles. The fraction of sp³-hybridized carbons (Fsp3) is 0.0909. The fourth-order valence-electron chi connectivity index (χ4n) is 3.48. The molecule has 0 aliphatic heterocycles. The Bertz CT molecular complexity index is 1280. The fourth-order valence-corrected chi connectivity index (χ4v) is 3.48. The minimum atomic E-state index is 0.471. The van der Waals surface area contributed by atoms with E-state index >= 15 is 0 Å². The third-order valence-electron chi connectivity index (χ3n) is 4.93. The first-order chi connectivity index (χ1) is 14.3. The van der Waals surface area contributed by atoms with Crippen LogP contribution in [0.25, 0.3) is 21.8 Å². The van der Waals surface area contributed by atoms with Crippen LogP contribution in [-0.4, -0.2) is 19.9 Å². The highest BCUT2D eigenvalue weighted by Crippen LogP contribution is 2.26. The molecule has 0 saturated carbocycles. The molecule has 0 radical (unpaired) electrons. The molecular formula is C22H21N7. The lowest BCUT2D eigenvalue weighted by Crippen LogP contribution is -2.04. The normalized spacial score (nSPS) is 11.2. The zero-order valence-electron chi connectivity index (χ0n) is 15.7. The van der Waals surface area contributed by atoms with E-state index in [4.69, 9.17) is 5.73 Å². The maximum absolute atomic E-state index is 5.76. The number of rotatable bonds is 6. The number of nitrogens with zero attached hydrogens (tertiary/aromatic N) is 2. The molecule has 0 saturated heterocycles. The van der Waals surface area contributed by atoms with Crippen LogP contribution in [0.3, 0.4) is 0 Å². The van der Waals surface area contributed by atoms with Crippen molar-refractivity contribution in [1.82, 2.24) is 19.9 Å². The van der Waals surface area contributed by atoms with E-state index in [9.17, 15) is 0 Å². The molecular weight excluding hydrogens is 362 g/mol. The second-order valence-corrected chi connectivity index (χ2v) is 6.91. The molecule has 29 heavy (non-hydrogen) atoms. The van der Waals surface area contributed by atoms with Gasteiger partial charge in [0.1, 0.15) is 5.82 Å². The lowest BCUT2D eigenvalue weighted by Gasteiger charge is -2.09. The van der Waals surface area contributed by atoms with Gasteiger partial charge in [-0.15, -0.1) is 0 Å². The molecule has 2 aromatic carbocycles. The van der Waals surface area contributed by atoms with Gasteiger partial charge in [-0.2, -0.15) is 4.98 Å². The lowest BCUT2D eigenvalue weighted by atomic mass is 10.1. The Morgan fingerprint density at radius 1 is 1.00 bits per heavy atom. The van der Waals surface area contributed by atoms with Crippen LogP contribution in [-0.2, 0) is 13.1 Å². The highest BCUT2D eigenvalue weighted by molar-refractivity contribution is 5.93. The summed E-state index contributed by atoms with van der Waals surface area (Å²) in [6.45, 7) is 1.16. The van der Waals surface area contributed by atoms with Gasteiger partial charge in [0.05, 0.1) is 5.69 Å². The maximum Gasteiger partial charge on any atom is 0.229 e. The smallest absolute Gasteiger partial charge is 0.229 e. The zero-order chi connectivity index (χ0) is 19.6. The monoisotopic (exact) mass is 383 g/mol. The number of hydrogen-bond acceptors (Lipinski definition) is 5. The van der Waals surface area contributed by atoms with Gasteiger partial charge in [-0.1, -0.05) is 12.1 Å². The summed E-state index contributed by atoms with van der Waals surface area (Å²) in [4.78, 5) is 15.5. The molecule has 5 aromatic rings. The average Bonchev–Trinajstić information content (AvgIpc) is 3.39. The molecule has 6 N–H and O–H groups in total. The number of aromatic nitrogens is 4. The number of H-pyrrole nitrogens is 2. The van der Waals surface area contributed by atoms with Gasteiger partial charge in [0.2, 0.25) is 5.95 Å². The van der Waals surface area contributed by atoms with Gasteiger partial charge in [-0.3, -0.25) is 0 Å². The molecule has 0 bridgehead atoms. The predicted molar refractivity (Wildman–Crippen MR) is 117 cm³/mol. The SMILES string of the molecule is NCc1cc2c(Nc3nccc(NCc4ccc5[nH]ccc5c4)n3)cccc2[nH]1. The van der Waals surface area contributed by atoms with Crippen LogP contribution in [0.1, 0.15) is 11.3 Å². The summed E-state index contributed by atoms with van der Waals surface area (Å²) in [7, 11) is 0. The Kier molecular flexibility index (Phi) is 4.34. The molecule has 0 aliphatic rings. The van der Waals surface area contributed by atoms with Crippen LogP contribution in [0.15, 0.2) is 67.0 Å².